The molecule has 0 aliphatic rings. The molecule has 3 atom stereocenters. The summed E-state index contributed by atoms with van der Waals surface area (Å²) in [4.78, 5) is 20.5. The highest BCUT2D eigenvalue weighted by Gasteiger charge is 2.28. The van der Waals surface area contributed by atoms with E-state index in [4.69, 9.17) is 20.4 Å². The summed E-state index contributed by atoms with van der Waals surface area (Å²) in [7, 11) is 0. The van der Waals surface area contributed by atoms with Gasteiger partial charge in [-0.2, -0.15) is 0 Å². The van der Waals surface area contributed by atoms with Crippen LogP contribution in [0.25, 0.3) is 0 Å². The van der Waals surface area contributed by atoms with Crippen molar-refractivity contribution in [2.24, 2.45) is 0 Å². The van der Waals surface area contributed by atoms with Crippen LogP contribution in [0.1, 0.15) is 0 Å². The van der Waals surface area contributed by atoms with Crippen LogP contribution in [0, 0.1) is 0 Å². The van der Waals surface area contributed by atoms with Gasteiger partial charge in [0.25, 0.3) is 0 Å². The highest BCUT2D eigenvalue weighted by molar-refractivity contribution is 5.98. The predicted molar refractivity (Wildman–Crippen MR) is 36.2 cm³/mol. The van der Waals surface area contributed by atoms with Crippen LogP contribution in [0.15, 0.2) is 0 Å². The normalized spacial score (nSPS) is 18.0. The van der Waals surface area contributed by atoms with Gasteiger partial charge in [-0.1, -0.05) is 0 Å². The van der Waals surface area contributed by atoms with E-state index in [2.05, 4.69) is 0 Å². The number of ketones is 1. The first kappa shape index (κ1) is 11.2. The van der Waals surface area contributed by atoms with Crippen molar-refractivity contribution in [3.05, 3.63) is 0 Å². The van der Waals surface area contributed by atoms with Gasteiger partial charge in [0.1, 0.15) is 12.2 Å². The first-order chi connectivity index (χ1) is 5.54. The topological polar surface area (TPSA) is 115 Å². The summed E-state index contributed by atoms with van der Waals surface area (Å²) >= 11 is 0. The predicted octanol–water partition coefficient (Wildman–Crippen LogP) is -3.17. The maximum atomic E-state index is 10.7. The first-order valence-corrected chi connectivity index (χ1v) is 3.18. The van der Waals surface area contributed by atoms with E-state index in [9.17, 15) is 9.59 Å². The Bertz CT molecular complexity index is 167. The lowest BCUT2D eigenvalue weighted by atomic mass is 10.1. The summed E-state index contributed by atoms with van der Waals surface area (Å²) in [6, 6.07) is 0. The minimum Gasteiger partial charge on any atom is -0.394 e. The molecule has 6 nitrogen and oxygen atoms in total. The number of hydrogen-bond donors (Lipinski definition) is 4. The molecule has 0 fully saturated rings. The monoisotopic (exact) mass is 178 g/mol. The maximum absolute atomic E-state index is 10.7. The molecule has 0 aromatic heterocycles. The van der Waals surface area contributed by atoms with E-state index < -0.39 is 30.7 Å². The summed E-state index contributed by atoms with van der Waals surface area (Å²) in [5.41, 5.74) is 0. The maximum Gasteiger partial charge on any atom is 0.199 e. The van der Waals surface area contributed by atoms with Gasteiger partial charge < -0.3 is 20.4 Å². The fraction of sp³-hybridized carbons (Fsp3) is 0.667. The van der Waals surface area contributed by atoms with Gasteiger partial charge >= 0.3 is 0 Å². The molecule has 0 aliphatic heterocycles. The van der Waals surface area contributed by atoms with E-state index >= 15 is 0 Å². The Hall–Kier alpha value is -0.820. The van der Waals surface area contributed by atoms with Crippen molar-refractivity contribution in [3.8, 4) is 0 Å². The summed E-state index contributed by atoms with van der Waals surface area (Å²) in [6.07, 6.45) is -5.64. The van der Waals surface area contributed by atoms with Crippen molar-refractivity contribution in [1.29, 1.82) is 0 Å². The molecule has 0 radical (unpaired) electrons. The molecule has 4 N–H and O–H groups in total. The highest BCUT2D eigenvalue weighted by atomic mass is 16.4. The third-order valence-electron chi connectivity index (χ3n) is 1.26. The number of carbonyl (C=O) groups excluding carboxylic acids is 2. The van der Waals surface area contributed by atoms with Gasteiger partial charge in [0.2, 0.25) is 0 Å². The zero-order valence-electron chi connectivity index (χ0n) is 6.12. The highest BCUT2D eigenvalue weighted by Crippen LogP contribution is 1.97. The second-order valence-corrected chi connectivity index (χ2v) is 2.18. The number of carbonyl (C=O) groups is 2. The van der Waals surface area contributed by atoms with Crippen molar-refractivity contribution >= 4 is 12.1 Å². The molecule has 0 aromatic carbocycles. The van der Waals surface area contributed by atoms with Gasteiger partial charge in [0.05, 0.1) is 6.61 Å². The number of aldehydes is 1. The molecule has 0 aromatic rings. The van der Waals surface area contributed by atoms with Crippen LogP contribution in [-0.2, 0) is 9.59 Å². The van der Waals surface area contributed by atoms with Gasteiger partial charge in [0, 0.05) is 0 Å². The lowest BCUT2D eigenvalue weighted by molar-refractivity contribution is -0.145. The average molecular weight is 178 g/mol. The van der Waals surface area contributed by atoms with Crippen molar-refractivity contribution in [2.45, 2.75) is 18.3 Å². The van der Waals surface area contributed by atoms with E-state index in [-0.39, 0.29) is 6.29 Å². The number of hydrogen-bond acceptors (Lipinski definition) is 6. The van der Waals surface area contributed by atoms with Crippen LogP contribution < -0.4 is 0 Å². The molecule has 0 unspecified atom stereocenters. The molecule has 12 heavy (non-hydrogen) atoms. The van der Waals surface area contributed by atoms with Crippen molar-refractivity contribution in [2.75, 3.05) is 6.61 Å². The van der Waals surface area contributed by atoms with E-state index in [1.54, 1.807) is 0 Å². The molecule has 0 spiro atoms. The smallest absolute Gasteiger partial charge is 0.199 e. The Morgan fingerprint density at radius 3 is 2.17 bits per heavy atom. The zero-order valence-corrected chi connectivity index (χ0v) is 6.12. The van der Waals surface area contributed by atoms with Crippen LogP contribution in [-0.4, -0.2) is 57.4 Å². The van der Waals surface area contributed by atoms with E-state index in [0.717, 1.165) is 0 Å². The third-order valence-corrected chi connectivity index (χ3v) is 1.26. The summed E-state index contributed by atoms with van der Waals surface area (Å²) in [5, 5.41) is 34.3. The summed E-state index contributed by atoms with van der Waals surface area (Å²) < 4.78 is 0. The molecular formula is C6H10O6. The summed E-state index contributed by atoms with van der Waals surface area (Å²) in [5.74, 6) is -1.23. The lowest BCUT2D eigenvalue weighted by Crippen LogP contribution is -2.42. The molecule has 6 heteroatoms. The number of aliphatic hydroxyl groups is 4. The fourth-order valence-corrected chi connectivity index (χ4v) is 0.531. The minimum atomic E-state index is -1.96. The Balaban J connectivity index is 4.18. The molecule has 0 amide bonds. The Morgan fingerprint density at radius 1 is 1.33 bits per heavy atom. The van der Waals surface area contributed by atoms with Crippen LogP contribution in [0.5, 0.6) is 0 Å². The minimum absolute atomic E-state index is 0.0738. The summed E-state index contributed by atoms with van der Waals surface area (Å²) in [6.45, 7) is -0.821. The fourth-order valence-electron chi connectivity index (χ4n) is 0.531. The van der Waals surface area contributed by atoms with Gasteiger partial charge in [-0.25, -0.2) is 0 Å². The number of aliphatic hydroxyl groups excluding tert-OH is 4. The van der Waals surface area contributed by atoms with E-state index in [0.29, 0.717) is 0 Å². The lowest BCUT2D eigenvalue weighted by Gasteiger charge is -2.14. The van der Waals surface area contributed by atoms with Crippen molar-refractivity contribution in [3.63, 3.8) is 0 Å². The van der Waals surface area contributed by atoms with Crippen LogP contribution in [0.3, 0.4) is 0 Å². The van der Waals surface area contributed by atoms with Crippen LogP contribution in [0.4, 0.5) is 0 Å². The molecular weight excluding hydrogens is 168 g/mol. The Morgan fingerprint density at radius 2 is 1.83 bits per heavy atom. The molecule has 70 valence electrons. The molecule has 0 bridgehead atoms. The zero-order chi connectivity index (χ0) is 9.72. The van der Waals surface area contributed by atoms with Gasteiger partial charge in [-0.15, -0.1) is 0 Å². The van der Waals surface area contributed by atoms with Crippen molar-refractivity contribution in [1.82, 2.24) is 0 Å². The Labute approximate surface area is 68.1 Å². The molecule has 0 aliphatic carbocycles. The second-order valence-electron chi connectivity index (χ2n) is 2.18. The van der Waals surface area contributed by atoms with E-state index in [1.165, 1.54) is 0 Å². The van der Waals surface area contributed by atoms with Crippen LogP contribution >= 0.6 is 0 Å². The molecule has 0 heterocycles. The average Bonchev–Trinajstić information content (AvgIpc) is 2.12. The van der Waals surface area contributed by atoms with Gasteiger partial charge in [-0.05, 0) is 0 Å². The Kier molecular flexibility index (Phi) is 4.60. The number of rotatable bonds is 5. The largest absolute Gasteiger partial charge is 0.394 e. The SMILES string of the molecule is O=C[C@@H](O)C(=O)[C@H](O)[C@@H](O)CO. The second kappa shape index (κ2) is 4.94. The molecule has 0 rings (SSSR count). The molecule has 0 saturated carbocycles. The van der Waals surface area contributed by atoms with Gasteiger partial charge in [0.15, 0.2) is 18.2 Å². The van der Waals surface area contributed by atoms with Gasteiger partial charge in [-0.3, -0.25) is 9.59 Å². The number of Topliss-reactive ketones (excluding diaryl/α,β-unsaturated/α-hetero) is 1. The van der Waals surface area contributed by atoms with Crippen molar-refractivity contribution < 1.29 is 30.0 Å². The standard InChI is InChI=1S/C6H10O6/c7-1-3(9)5(11)6(12)4(10)2-8/h1,3-4,6,8-10,12H,2H2/t3-,4+,6-/m1/s1. The third kappa shape index (κ3) is 2.67. The first-order valence-electron chi connectivity index (χ1n) is 3.18. The quantitative estimate of drug-likeness (QED) is 0.261. The van der Waals surface area contributed by atoms with E-state index in [1.807, 2.05) is 0 Å². The molecule has 0 saturated heterocycles. The van der Waals surface area contributed by atoms with Crippen LogP contribution in [0.2, 0.25) is 0 Å².